The van der Waals surface area contributed by atoms with Gasteiger partial charge in [-0.1, -0.05) is 11.8 Å². The molecule has 1 unspecified atom stereocenters. The molecule has 5 heteroatoms. The van der Waals surface area contributed by atoms with Crippen molar-refractivity contribution in [3.05, 3.63) is 34.5 Å². The van der Waals surface area contributed by atoms with E-state index < -0.39 is 0 Å². The van der Waals surface area contributed by atoms with Crippen LogP contribution in [0, 0.1) is 6.92 Å². The number of hydrogen-bond acceptors (Lipinski definition) is 4. The smallest absolute Gasteiger partial charge is 0.260 e. The number of nitrogens with zero attached hydrogens (tertiary/aromatic N) is 1. The number of aromatic nitrogens is 1. The van der Waals surface area contributed by atoms with Crippen LogP contribution in [0.3, 0.4) is 0 Å². The zero-order valence-electron chi connectivity index (χ0n) is 9.06. The molecule has 1 amide bonds. The van der Waals surface area contributed by atoms with E-state index in [1.807, 2.05) is 25.1 Å². The molecular formula is C11H12N2O2S. The highest BCUT2D eigenvalue weighted by Crippen LogP contribution is 2.29. The molecule has 1 aromatic rings. The first-order valence-corrected chi connectivity index (χ1v) is 5.71. The standard InChI is InChI=1S/C11H12N2O2S/c1-7-5-8(3-4-12-7)6-9-10(14)13-11(15-2)16-9/h3-6,11H,1-2H3,(H,13,14)/b9-6+. The average Bonchev–Trinajstić information content (AvgIpc) is 2.60. The maximum Gasteiger partial charge on any atom is 0.260 e. The largest absolute Gasteiger partial charge is 0.352 e. The summed E-state index contributed by atoms with van der Waals surface area (Å²) in [5.41, 5.74) is 1.63. The molecule has 4 nitrogen and oxygen atoms in total. The number of carbonyl (C=O) groups excluding carboxylic acids is 1. The number of rotatable bonds is 2. The summed E-state index contributed by atoms with van der Waals surface area (Å²) in [6.07, 6.45) is 3.57. The third-order valence-corrected chi connectivity index (χ3v) is 3.22. The molecule has 2 rings (SSSR count). The van der Waals surface area contributed by atoms with Gasteiger partial charge in [-0.25, -0.2) is 0 Å². The van der Waals surface area contributed by atoms with E-state index in [-0.39, 0.29) is 11.5 Å². The van der Waals surface area contributed by atoms with Gasteiger partial charge in [0.05, 0.1) is 4.91 Å². The van der Waals surface area contributed by atoms with Gasteiger partial charge < -0.3 is 10.1 Å². The van der Waals surface area contributed by atoms with Crippen LogP contribution >= 0.6 is 11.8 Å². The van der Waals surface area contributed by atoms with E-state index in [1.54, 1.807) is 13.3 Å². The van der Waals surface area contributed by atoms with Crippen LogP contribution in [0.2, 0.25) is 0 Å². The van der Waals surface area contributed by atoms with Gasteiger partial charge in [0.15, 0.2) is 5.56 Å². The molecule has 0 saturated carbocycles. The van der Waals surface area contributed by atoms with Crippen LogP contribution in [-0.4, -0.2) is 23.6 Å². The number of carbonyl (C=O) groups is 1. The van der Waals surface area contributed by atoms with Gasteiger partial charge in [-0.05, 0) is 30.7 Å². The van der Waals surface area contributed by atoms with Gasteiger partial charge >= 0.3 is 0 Å². The van der Waals surface area contributed by atoms with Gasteiger partial charge in [0, 0.05) is 19.0 Å². The Kier molecular flexibility index (Phi) is 3.26. The Bertz CT molecular complexity index is 445. The molecule has 84 valence electrons. The molecule has 16 heavy (non-hydrogen) atoms. The van der Waals surface area contributed by atoms with Crippen LogP contribution in [0.25, 0.3) is 6.08 Å². The maximum absolute atomic E-state index is 11.5. The minimum absolute atomic E-state index is 0.0914. The summed E-state index contributed by atoms with van der Waals surface area (Å²) in [5, 5.41) is 2.71. The second kappa shape index (κ2) is 4.67. The summed E-state index contributed by atoms with van der Waals surface area (Å²) in [5.74, 6) is -0.0914. The Morgan fingerprint density at radius 3 is 3.06 bits per heavy atom. The first kappa shape index (κ1) is 11.2. The van der Waals surface area contributed by atoms with Gasteiger partial charge in [-0.2, -0.15) is 0 Å². The number of methoxy groups -OCH3 is 1. The highest BCUT2D eigenvalue weighted by molar-refractivity contribution is 8.05. The number of amides is 1. The Labute approximate surface area is 98.1 Å². The van der Waals surface area contributed by atoms with E-state index in [9.17, 15) is 4.79 Å². The van der Waals surface area contributed by atoms with Crippen molar-refractivity contribution < 1.29 is 9.53 Å². The van der Waals surface area contributed by atoms with Gasteiger partial charge in [0.2, 0.25) is 0 Å². The number of thioether (sulfide) groups is 1. The van der Waals surface area contributed by atoms with Crippen LogP contribution in [0.1, 0.15) is 11.3 Å². The van der Waals surface area contributed by atoms with Crippen molar-refractivity contribution in [1.82, 2.24) is 10.3 Å². The summed E-state index contributed by atoms with van der Waals surface area (Å²) < 4.78 is 5.05. The Balaban J connectivity index is 2.22. The zero-order valence-corrected chi connectivity index (χ0v) is 9.88. The molecule has 1 aliphatic rings. The van der Waals surface area contributed by atoms with E-state index in [1.165, 1.54) is 11.8 Å². The van der Waals surface area contributed by atoms with Crippen molar-refractivity contribution in [3.8, 4) is 0 Å². The maximum atomic E-state index is 11.5. The molecule has 1 atom stereocenters. The van der Waals surface area contributed by atoms with E-state index in [0.29, 0.717) is 4.91 Å². The van der Waals surface area contributed by atoms with E-state index >= 15 is 0 Å². The van der Waals surface area contributed by atoms with Crippen molar-refractivity contribution in [2.24, 2.45) is 0 Å². The normalized spacial score (nSPS) is 22.5. The van der Waals surface area contributed by atoms with Crippen molar-refractivity contribution in [2.75, 3.05) is 7.11 Å². The fourth-order valence-corrected chi connectivity index (χ4v) is 2.25. The van der Waals surface area contributed by atoms with E-state index in [4.69, 9.17) is 4.74 Å². The van der Waals surface area contributed by atoms with Crippen LogP contribution in [0.15, 0.2) is 23.2 Å². The van der Waals surface area contributed by atoms with Crippen molar-refractivity contribution in [1.29, 1.82) is 0 Å². The molecule has 2 heterocycles. The van der Waals surface area contributed by atoms with Gasteiger partial charge in [-0.3, -0.25) is 9.78 Å². The van der Waals surface area contributed by atoms with Crippen LogP contribution in [-0.2, 0) is 9.53 Å². The molecule has 0 radical (unpaired) electrons. The highest BCUT2D eigenvalue weighted by Gasteiger charge is 2.26. The molecule has 0 spiro atoms. The molecule has 0 aliphatic carbocycles. The average molecular weight is 236 g/mol. The Morgan fingerprint density at radius 2 is 2.44 bits per heavy atom. The predicted octanol–water partition coefficient (Wildman–Crippen LogP) is 1.52. The highest BCUT2D eigenvalue weighted by atomic mass is 32.2. The van der Waals surface area contributed by atoms with Crippen LogP contribution < -0.4 is 5.32 Å². The molecular weight excluding hydrogens is 224 g/mol. The molecule has 1 aliphatic heterocycles. The summed E-state index contributed by atoms with van der Waals surface area (Å²) in [4.78, 5) is 16.3. The minimum atomic E-state index is -0.276. The molecule has 0 bridgehead atoms. The van der Waals surface area contributed by atoms with Crippen molar-refractivity contribution in [3.63, 3.8) is 0 Å². The summed E-state index contributed by atoms with van der Waals surface area (Å²) >= 11 is 1.38. The third kappa shape index (κ3) is 2.43. The molecule has 1 N–H and O–H groups in total. The monoisotopic (exact) mass is 236 g/mol. The Hall–Kier alpha value is -1.33. The first-order chi connectivity index (χ1) is 7.69. The lowest BCUT2D eigenvalue weighted by molar-refractivity contribution is -0.117. The lowest BCUT2D eigenvalue weighted by atomic mass is 10.2. The molecule has 0 aromatic carbocycles. The minimum Gasteiger partial charge on any atom is -0.352 e. The summed E-state index contributed by atoms with van der Waals surface area (Å²) in [7, 11) is 1.57. The van der Waals surface area contributed by atoms with Crippen LogP contribution in [0.4, 0.5) is 0 Å². The summed E-state index contributed by atoms with van der Waals surface area (Å²) in [6.45, 7) is 1.92. The SMILES string of the molecule is COC1NC(=O)/C(=C\c2ccnc(C)c2)S1. The molecule has 1 aromatic heterocycles. The Morgan fingerprint density at radius 1 is 1.62 bits per heavy atom. The van der Waals surface area contributed by atoms with E-state index in [2.05, 4.69) is 10.3 Å². The van der Waals surface area contributed by atoms with Gasteiger partial charge in [-0.15, -0.1) is 0 Å². The predicted molar refractivity (Wildman–Crippen MR) is 63.5 cm³/mol. The number of ether oxygens (including phenoxy) is 1. The zero-order chi connectivity index (χ0) is 11.5. The van der Waals surface area contributed by atoms with Gasteiger partial charge in [0.25, 0.3) is 5.91 Å². The lowest BCUT2D eigenvalue weighted by Gasteiger charge is -2.02. The topological polar surface area (TPSA) is 51.2 Å². The van der Waals surface area contributed by atoms with Gasteiger partial charge in [0.1, 0.15) is 0 Å². The quantitative estimate of drug-likeness (QED) is 0.791. The van der Waals surface area contributed by atoms with Crippen LogP contribution in [0.5, 0.6) is 0 Å². The lowest BCUT2D eigenvalue weighted by Crippen LogP contribution is -2.25. The second-order valence-electron chi connectivity index (χ2n) is 3.40. The van der Waals surface area contributed by atoms with Crippen molar-refractivity contribution >= 4 is 23.7 Å². The molecule has 1 fully saturated rings. The third-order valence-electron chi connectivity index (χ3n) is 2.14. The number of hydrogen-bond donors (Lipinski definition) is 1. The first-order valence-electron chi connectivity index (χ1n) is 4.84. The molecule has 1 saturated heterocycles. The fraction of sp³-hybridized carbons (Fsp3) is 0.273. The fourth-order valence-electron chi connectivity index (χ4n) is 1.39. The second-order valence-corrected chi connectivity index (χ2v) is 4.50. The van der Waals surface area contributed by atoms with Crippen molar-refractivity contribution in [2.45, 2.75) is 12.5 Å². The number of pyridine rings is 1. The number of nitrogens with one attached hydrogen (secondary N) is 1. The van der Waals surface area contributed by atoms with E-state index in [0.717, 1.165) is 11.3 Å². The summed E-state index contributed by atoms with van der Waals surface area (Å²) in [6, 6.07) is 3.80. The number of aryl methyl sites for hydroxylation is 1.